The van der Waals surface area contributed by atoms with E-state index in [0.717, 1.165) is 5.76 Å². The van der Waals surface area contributed by atoms with Gasteiger partial charge in [0.25, 0.3) is 5.91 Å². The van der Waals surface area contributed by atoms with Crippen molar-refractivity contribution in [3.63, 3.8) is 0 Å². The quantitative estimate of drug-likeness (QED) is 0.892. The molecule has 0 radical (unpaired) electrons. The highest BCUT2D eigenvalue weighted by atomic mass is 16.3. The minimum Gasteiger partial charge on any atom is -0.464 e. The van der Waals surface area contributed by atoms with Crippen molar-refractivity contribution in [3.8, 4) is 0 Å². The maximum atomic E-state index is 12.3. The summed E-state index contributed by atoms with van der Waals surface area (Å²) in [6.45, 7) is 3.68. The molecule has 130 valence electrons. The molecule has 1 aromatic carbocycles. The largest absolute Gasteiger partial charge is 0.464 e. The van der Waals surface area contributed by atoms with Gasteiger partial charge in [-0.25, -0.2) is 5.01 Å². The summed E-state index contributed by atoms with van der Waals surface area (Å²) in [7, 11) is 0. The van der Waals surface area contributed by atoms with Crippen molar-refractivity contribution in [1.82, 2.24) is 10.7 Å². The molecule has 1 aliphatic heterocycles. The number of benzene rings is 1. The molecule has 1 atom stereocenters. The molecular formula is C18H19N3O4. The second-order valence-electron chi connectivity index (χ2n) is 5.95. The summed E-state index contributed by atoms with van der Waals surface area (Å²) in [6, 6.07) is 9.88. The van der Waals surface area contributed by atoms with Gasteiger partial charge in [-0.2, -0.15) is 0 Å². The third-order valence-electron chi connectivity index (χ3n) is 3.98. The monoisotopic (exact) mass is 341 g/mol. The lowest BCUT2D eigenvalue weighted by molar-refractivity contribution is -0.130. The standard InChI is InChI=1S/C18H19N3O4/c1-11-3-8-15(25-11)12(2)19-18(24)13-4-6-14(7-5-13)21-17(23)10-9-16(22)20-21/h3-8,12H,9-10H2,1-2H3,(H,19,24)(H,20,22)/t12-/m1/s1. The van der Waals surface area contributed by atoms with E-state index in [9.17, 15) is 14.4 Å². The molecule has 3 rings (SSSR count). The Morgan fingerprint density at radius 3 is 2.52 bits per heavy atom. The van der Waals surface area contributed by atoms with Gasteiger partial charge in [0.15, 0.2) is 0 Å². The van der Waals surface area contributed by atoms with Crippen molar-refractivity contribution in [1.29, 1.82) is 0 Å². The van der Waals surface area contributed by atoms with Crippen molar-refractivity contribution in [3.05, 3.63) is 53.5 Å². The van der Waals surface area contributed by atoms with Crippen molar-refractivity contribution in [2.24, 2.45) is 0 Å². The molecule has 0 aliphatic carbocycles. The Kier molecular flexibility index (Phi) is 4.56. The Balaban J connectivity index is 1.68. The minimum absolute atomic E-state index is 0.175. The van der Waals surface area contributed by atoms with Crippen LogP contribution in [0.5, 0.6) is 0 Å². The number of nitrogens with one attached hydrogen (secondary N) is 2. The zero-order valence-corrected chi connectivity index (χ0v) is 14.0. The first kappa shape index (κ1) is 16.8. The van der Waals surface area contributed by atoms with Gasteiger partial charge in [0.05, 0.1) is 11.7 Å². The first-order valence-corrected chi connectivity index (χ1v) is 8.04. The second kappa shape index (κ2) is 6.80. The molecule has 25 heavy (non-hydrogen) atoms. The van der Waals surface area contributed by atoms with Crippen LogP contribution < -0.4 is 15.8 Å². The Bertz CT molecular complexity index is 810. The molecule has 0 spiro atoms. The van der Waals surface area contributed by atoms with E-state index >= 15 is 0 Å². The van der Waals surface area contributed by atoms with E-state index in [-0.39, 0.29) is 36.6 Å². The van der Waals surface area contributed by atoms with Gasteiger partial charge in [-0.05, 0) is 50.2 Å². The summed E-state index contributed by atoms with van der Waals surface area (Å²) in [5.74, 6) is 0.836. The van der Waals surface area contributed by atoms with Crippen LogP contribution in [0.3, 0.4) is 0 Å². The topological polar surface area (TPSA) is 91.7 Å². The van der Waals surface area contributed by atoms with E-state index in [2.05, 4.69) is 10.7 Å². The highest BCUT2D eigenvalue weighted by Gasteiger charge is 2.24. The van der Waals surface area contributed by atoms with Crippen LogP contribution in [0.2, 0.25) is 0 Å². The van der Waals surface area contributed by atoms with Gasteiger partial charge < -0.3 is 9.73 Å². The van der Waals surface area contributed by atoms with E-state index in [4.69, 9.17) is 4.42 Å². The summed E-state index contributed by atoms with van der Waals surface area (Å²) in [5, 5.41) is 4.07. The number of carbonyl (C=O) groups is 3. The van der Waals surface area contributed by atoms with Crippen LogP contribution in [0.25, 0.3) is 0 Å². The van der Waals surface area contributed by atoms with Gasteiger partial charge in [0.1, 0.15) is 11.5 Å². The average molecular weight is 341 g/mol. The number of nitrogens with zero attached hydrogens (tertiary/aromatic N) is 1. The molecule has 7 nitrogen and oxygen atoms in total. The fraction of sp³-hybridized carbons (Fsp3) is 0.278. The predicted octanol–water partition coefficient (Wildman–Crippen LogP) is 2.24. The van der Waals surface area contributed by atoms with Gasteiger partial charge in [0.2, 0.25) is 11.8 Å². The lowest BCUT2D eigenvalue weighted by Crippen LogP contribution is -2.50. The van der Waals surface area contributed by atoms with E-state index in [1.165, 1.54) is 5.01 Å². The molecule has 1 aromatic heterocycles. The first-order valence-electron chi connectivity index (χ1n) is 8.04. The number of carbonyl (C=O) groups excluding carboxylic acids is 3. The maximum Gasteiger partial charge on any atom is 0.251 e. The van der Waals surface area contributed by atoms with Crippen molar-refractivity contribution >= 4 is 23.4 Å². The third kappa shape index (κ3) is 3.71. The number of furan rings is 1. The molecule has 7 heteroatoms. The fourth-order valence-corrected chi connectivity index (χ4v) is 2.58. The lowest BCUT2D eigenvalue weighted by Gasteiger charge is -2.27. The summed E-state index contributed by atoms with van der Waals surface area (Å²) >= 11 is 0. The van der Waals surface area contributed by atoms with Crippen molar-refractivity contribution < 1.29 is 18.8 Å². The number of hydrogen-bond donors (Lipinski definition) is 2. The number of rotatable bonds is 4. The van der Waals surface area contributed by atoms with Gasteiger partial charge in [-0.1, -0.05) is 0 Å². The number of amides is 3. The molecule has 1 fully saturated rings. The maximum absolute atomic E-state index is 12.3. The highest BCUT2D eigenvalue weighted by Crippen LogP contribution is 2.19. The zero-order valence-electron chi connectivity index (χ0n) is 14.0. The number of aryl methyl sites for hydroxylation is 1. The van der Waals surface area contributed by atoms with Gasteiger partial charge in [-0.3, -0.25) is 19.8 Å². The van der Waals surface area contributed by atoms with Crippen LogP contribution in [0.15, 0.2) is 40.8 Å². The van der Waals surface area contributed by atoms with Crippen LogP contribution in [-0.2, 0) is 9.59 Å². The normalized spacial score (nSPS) is 15.7. The molecule has 3 amide bonds. The average Bonchev–Trinajstić information content (AvgIpc) is 3.04. The summed E-state index contributed by atoms with van der Waals surface area (Å²) in [6.07, 6.45) is 0.369. The van der Waals surface area contributed by atoms with E-state index in [1.54, 1.807) is 24.3 Å². The van der Waals surface area contributed by atoms with Crippen LogP contribution >= 0.6 is 0 Å². The van der Waals surface area contributed by atoms with Crippen LogP contribution in [0.4, 0.5) is 5.69 Å². The molecule has 2 heterocycles. The van der Waals surface area contributed by atoms with Crippen LogP contribution in [-0.4, -0.2) is 17.7 Å². The Morgan fingerprint density at radius 2 is 1.88 bits per heavy atom. The van der Waals surface area contributed by atoms with Crippen molar-refractivity contribution in [2.75, 3.05) is 5.01 Å². The number of anilines is 1. The Morgan fingerprint density at radius 1 is 1.16 bits per heavy atom. The second-order valence-corrected chi connectivity index (χ2v) is 5.95. The molecule has 2 aromatic rings. The van der Waals surface area contributed by atoms with Crippen molar-refractivity contribution in [2.45, 2.75) is 32.7 Å². The Hall–Kier alpha value is -3.09. The minimum atomic E-state index is -0.260. The fourth-order valence-electron chi connectivity index (χ4n) is 2.58. The lowest BCUT2D eigenvalue weighted by atomic mass is 10.1. The SMILES string of the molecule is Cc1ccc([C@@H](C)NC(=O)c2ccc(N3NC(=O)CCC3=O)cc2)o1. The molecule has 1 saturated heterocycles. The van der Waals surface area contributed by atoms with Gasteiger partial charge in [-0.15, -0.1) is 0 Å². The summed E-state index contributed by atoms with van der Waals surface area (Å²) in [5.41, 5.74) is 3.49. The van der Waals surface area contributed by atoms with Crippen LogP contribution in [0, 0.1) is 6.92 Å². The third-order valence-corrected chi connectivity index (χ3v) is 3.98. The molecule has 1 aliphatic rings. The molecule has 2 N–H and O–H groups in total. The van der Waals surface area contributed by atoms with E-state index in [1.807, 2.05) is 26.0 Å². The molecule has 0 saturated carbocycles. The first-order chi connectivity index (χ1) is 11.9. The number of hydrogen-bond acceptors (Lipinski definition) is 4. The molecule has 0 bridgehead atoms. The predicted molar refractivity (Wildman–Crippen MR) is 90.6 cm³/mol. The molecule has 0 unspecified atom stereocenters. The van der Waals surface area contributed by atoms with E-state index in [0.29, 0.717) is 17.0 Å². The highest BCUT2D eigenvalue weighted by molar-refractivity contribution is 6.01. The van der Waals surface area contributed by atoms with Crippen LogP contribution in [0.1, 0.15) is 47.7 Å². The van der Waals surface area contributed by atoms with Gasteiger partial charge >= 0.3 is 0 Å². The number of hydrazine groups is 1. The summed E-state index contributed by atoms with van der Waals surface area (Å²) < 4.78 is 5.50. The summed E-state index contributed by atoms with van der Waals surface area (Å²) in [4.78, 5) is 35.7. The van der Waals surface area contributed by atoms with Gasteiger partial charge in [0, 0.05) is 18.4 Å². The zero-order chi connectivity index (χ0) is 18.0. The smallest absolute Gasteiger partial charge is 0.251 e. The van der Waals surface area contributed by atoms with E-state index < -0.39 is 0 Å². The Labute approximate surface area is 145 Å². The molecular weight excluding hydrogens is 322 g/mol.